The largest absolute Gasteiger partial charge is 0.421 e. The minimum absolute atomic E-state index is 0.421. The number of carbonyl (C=O) groups is 2. The lowest BCUT2D eigenvalue weighted by Gasteiger charge is -2.29. The standard InChI is InChI=1S/C27H38O6/c1-18(2)9-6-10-19(3)11-7-12-20(4)13-8-14-22-15-16-24(32-26(22)30)23-17-25(29)33-27(23)31-21(5)28/h9,11,13,15,17,24,26-27,30H,6-8,10,12,14,16H2,1-5H3/b19-11+,20-13+. The van der Waals surface area contributed by atoms with Gasteiger partial charge in [0.1, 0.15) is 0 Å². The van der Waals surface area contributed by atoms with Crippen molar-refractivity contribution in [2.45, 2.75) is 98.2 Å². The van der Waals surface area contributed by atoms with E-state index < -0.39 is 30.6 Å². The normalized spacial score (nSPS) is 23.6. The maximum absolute atomic E-state index is 11.6. The monoisotopic (exact) mass is 458 g/mol. The zero-order valence-corrected chi connectivity index (χ0v) is 20.6. The lowest BCUT2D eigenvalue weighted by molar-refractivity contribution is -0.176. The summed E-state index contributed by atoms with van der Waals surface area (Å²) >= 11 is 0. The molecule has 0 radical (unpaired) electrons. The van der Waals surface area contributed by atoms with Crippen LogP contribution in [0.25, 0.3) is 0 Å². The molecule has 0 saturated carbocycles. The third-order valence-electron chi connectivity index (χ3n) is 5.68. The number of allylic oxidation sites excluding steroid dienone is 6. The third kappa shape index (κ3) is 9.52. The molecule has 0 aromatic rings. The summed E-state index contributed by atoms with van der Waals surface area (Å²) in [6.07, 6.45) is 13.6. The van der Waals surface area contributed by atoms with Gasteiger partial charge in [-0.15, -0.1) is 0 Å². The number of esters is 2. The van der Waals surface area contributed by atoms with E-state index in [2.05, 4.69) is 45.9 Å². The van der Waals surface area contributed by atoms with Gasteiger partial charge in [-0.1, -0.05) is 41.0 Å². The predicted molar refractivity (Wildman–Crippen MR) is 128 cm³/mol. The van der Waals surface area contributed by atoms with Crippen LogP contribution in [0.2, 0.25) is 0 Å². The van der Waals surface area contributed by atoms with Crippen LogP contribution in [0.1, 0.15) is 79.6 Å². The summed E-state index contributed by atoms with van der Waals surface area (Å²) in [5.41, 5.74) is 5.38. The molecule has 182 valence electrons. The molecule has 2 aliphatic heterocycles. The van der Waals surface area contributed by atoms with E-state index in [4.69, 9.17) is 14.2 Å². The number of aliphatic hydroxyl groups is 1. The van der Waals surface area contributed by atoms with Crippen LogP contribution < -0.4 is 0 Å². The van der Waals surface area contributed by atoms with Gasteiger partial charge in [0.05, 0.1) is 6.10 Å². The van der Waals surface area contributed by atoms with Crippen LogP contribution in [0.3, 0.4) is 0 Å². The van der Waals surface area contributed by atoms with Crippen molar-refractivity contribution >= 4 is 11.9 Å². The Morgan fingerprint density at radius 2 is 1.70 bits per heavy atom. The molecule has 0 spiro atoms. The summed E-state index contributed by atoms with van der Waals surface area (Å²) in [4.78, 5) is 22.8. The van der Waals surface area contributed by atoms with E-state index >= 15 is 0 Å². The van der Waals surface area contributed by atoms with E-state index in [0.717, 1.165) is 37.7 Å². The van der Waals surface area contributed by atoms with E-state index in [1.807, 2.05) is 6.08 Å². The second kappa shape index (κ2) is 13.3. The van der Waals surface area contributed by atoms with Crippen LogP contribution in [0, 0.1) is 0 Å². The molecule has 1 N–H and O–H groups in total. The van der Waals surface area contributed by atoms with Crippen LogP contribution >= 0.6 is 0 Å². The molecule has 6 nitrogen and oxygen atoms in total. The second-order valence-electron chi connectivity index (χ2n) is 9.01. The number of rotatable bonds is 11. The number of carbonyl (C=O) groups excluding carboxylic acids is 2. The molecule has 0 aliphatic carbocycles. The van der Waals surface area contributed by atoms with Crippen molar-refractivity contribution < 1.29 is 28.9 Å². The number of ether oxygens (including phenoxy) is 3. The first-order valence-electron chi connectivity index (χ1n) is 11.7. The van der Waals surface area contributed by atoms with Crippen LogP contribution in [-0.4, -0.2) is 35.7 Å². The molecule has 2 rings (SSSR count). The van der Waals surface area contributed by atoms with Crippen molar-refractivity contribution in [1.82, 2.24) is 0 Å². The molecule has 0 aromatic heterocycles. The maximum Gasteiger partial charge on any atom is 0.334 e. The van der Waals surface area contributed by atoms with Gasteiger partial charge in [0.2, 0.25) is 0 Å². The smallest absolute Gasteiger partial charge is 0.334 e. The summed E-state index contributed by atoms with van der Waals surface area (Å²) in [6.45, 7) is 9.84. The molecule has 3 unspecified atom stereocenters. The summed E-state index contributed by atoms with van der Waals surface area (Å²) < 4.78 is 15.7. The fraction of sp³-hybridized carbons (Fsp3) is 0.556. The number of hydrogen-bond donors (Lipinski definition) is 1. The fourth-order valence-electron chi connectivity index (χ4n) is 3.82. The number of hydrogen-bond acceptors (Lipinski definition) is 6. The highest BCUT2D eigenvalue weighted by Crippen LogP contribution is 2.31. The first-order chi connectivity index (χ1) is 15.7. The third-order valence-corrected chi connectivity index (χ3v) is 5.68. The average molecular weight is 459 g/mol. The molecule has 0 amide bonds. The van der Waals surface area contributed by atoms with Crippen LogP contribution in [0.5, 0.6) is 0 Å². The summed E-state index contributed by atoms with van der Waals surface area (Å²) in [7, 11) is 0. The maximum atomic E-state index is 11.6. The summed E-state index contributed by atoms with van der Waals surface area (Å²) in [6, 6.07) is 0. The van der Waals surface area contributed by atoms with E-state index in [0.29, 0.717) is 18.4 Å². The highest BCUT2D eigenvalue weighted by atomic mass is 16.7. The second-order valence-corrected chi connectivity index (χ2v) is 9.01. The molecule has 0 bridgehead atoms. The van der Waals surface area contributed by atoms with Crippen molar-refractivity contribution in [3.8, 4) is 0 Å². The van der Waals surface area contributed by atoms with Gasteiger partial charge in [-0.25, -0.2) is 4.79 Å². The molecular formula is C27H38O6. The molecule has 0 aromatic carbocycles. The van der Waals surface area contributed by atoms with Crippen LogP contribution in [0.15, 0.2) is 58.2 Å². The Kier molecular flexibility index (Phi) is 10.8. The zero-order chi connectivity index (χ0) is 24.4. The van der Waals surface area contributed by atoms with Gasteiger partial charge in [0.25, 0.3) is 6.29 Å². The Morgan fingerprint density at radius 3 is 2.30 bits per heavy atom. The number of aliphatic hydroxyl groups excluding tert-OH is 1. The van der Waals surface area contributed by atoms with E-state index in [1.54, 1.807) is 0 Å². The predicted octanol–water partition coefficient (Wildman–Crippen LogP) is 5.59. The topological polar surface area (TPSA) is 82.1 Å². The SMILES string of the molecule is CC(=O)OC1OC(=O)C=C1C1CC=C(CC/C=C(\C)CC/C=C(\C)CCC=C(C)C)C(O)O1. The van der Waals surface area contributed by atoms with Crippen molar-refractivity contribution in [1.29, 1.82) is 0 Å². The van der Waals surface area contributed by atoms with Crippen molar-refractivity contribution in [2.24, 2.45) is 0 Å². The first-order valence-corrected chi connectivity index (χ1v) is 11.7. The Hall–Kier alpha value is -2.44. The molecule has 0 fully saturated rings. The van der Waals surface area contributed by atoms with Gasteiger partial charge in [-0.3, -0.25) is 4.79 Å². The summed E-state index contributed by atoms with van der Waals surface area (Å²) in [5.74, 6) is -1.13. The van der Waals surface area contributed by atoms with Gasteiger partial charge in [-0.05, 0) is 78.2 Å². The van der Waals surface area contributed by atoms with Gasteiger partial charge >= 0.3 is 11.9 Å². The van der Waals surface area contributed by atoms with Crippen molar-refractivity contribution in [3.05, 3.63) is 58.2 Å². The zero-order valence-electron chi connectivity index (χ0n) is 20.6. The van der Waals surface area contributed by atoms with E-state index in [9.17, 15) is 14.7 Å². The van der Waals surface area contributed by atoms with E-state index in [-0.39, 0.29) is 0 Å². The quantitative estimate of drug-likeness (QED) is 0.321. The fourth-order valence-corrected chi connectivity index (χ4v) is 3.82. The molecule has 3 atom stereocenters. The molecule has 2 aliphatic rings. The highest BCUT2D eigenvalue weighted by Gasteiger charge is 2.37. The Balaban J connectivity index is 1.79. The van der Waals surface area contributed by atoms with E-state index in [1.165, 1.54) is 29.7 Å². The minimum Gasteiger partial charge on any atom is -0.421 e. The van der Waals surface area contributed by atoms with Crippen LogP contribution in [-0.2, 0) is 23.8 Å². The number of cyclic esters (lactones) is 1. The van der Waals surface area contributed by atoms with Crippen molar-refractivity contribution in [3.63, 3.8) is 0 Å². The molecule has 33 heavy (non-hydrogen) atoms. The lowest BCUT2D eigenvalue weighted by Crippen LogP contribution is -2.33. The Bertz CT molecular complexity index is 854. The molecule has 2 heterocycles. The molecule has 6 heteroatoms. The van der Waals surface area contributed by atoms with Gasteiger partial charge < -0.3 is 19.3 Å². The van der Waals surface area contributed by atoms with Crippen LogP contribution in [0.4, 0.5) is 0 Å². The summed E-state index contributed by atoms with van der Waals surface area (Å²) in [5, 5.41) is 10.4. The Labute approximate surface area is 197 Å². The van der Waals surface area contributed by atoms with Gasteiger partial charge in [0.15, 0.2) is 6.29 Å². The van der Waals surface area contributed by atoms with Gasteiger partial charge in [0, 0.05) is 18.6 Å². The van der Waals surface area contributed by atoms with Gasteiger partial charge in [-0.2, -0.15) is 0 Å². The molecule has 0 saturated heterocycles. The average Bonchev–Trinajstić information content (AvgIpc) is 3.08. The highest BCUT2D eigenvalue weighted by molar-refractivity contribution is 5.86. The molecular weight excluding hydrogens is 420 g/mol. The Morgan fingerprint density at radius 1 is 1.06 bits per heavy atom. The van der Waals surface area contributed by atoms with Crippen molar-refractivity contribution in [2.75, 3.05) is 0 Å². The minimum atomic E-state index is -1.09. The first kappa shape index (κ1) is 26.8. The lowest BCUT2D eigenvalue weighted by atomic mass is 9.98.